The minimum atomic E-state index is 0.630. The van der Waals surface area contributed by atoms with Crippen molar-refractivity contribution in [1.82, 2.24) is 9.88 Å². The van der Waals surface area contributed by atoms with Crippen LogP contribution in [-0.4, -0.2) is 23.0 Å². The number of nitrogens with zero attached hydrogens (tertiary/aromatic N) is 2. The van der Waals surface area contributed by atoms with Crippen molar-refractivity contribution >= 4 is 11.6 Å². The second kappa shape index (κ2) is 6.09. The first-order chi connectivity index (χ1) is 7.17. The van der Waals surface area contributed by atoms with Gasteiger partial charge in [0.2, 0.25) is 0 Å². The molecule has 0 unspecified atom stereocenters. The second-order valence-corrected chi connectivity index (χ2v) is 4.29. The highest BCUT2D eigenvalue weighted by atomic mass is 35.5. The highest BCUT2D eigenvalue weighted by Crippen LogP contribution is 2.13. The largest absolute Gasteiger partial charge is 0.298 e. The molecule has 1 aromatic heterocycles. The zero-order chi connectivity index (χ0) is 11.3. The Morgan fingerprint density at radius 2 is 2.07 bits per heavy atom. The molecule has 0 aromatic carbocycles. The van der Waals surface area contributed by atoms with E-state index < -0.39 is 0 Å². The molecule has 15 heavy (non-hydrogen) atoms. The Morgan fingerprint density at radius 3 is 2.60 bits per heavy atom. The molecule has 0 saturated heterocycles. The molecule has 1 rings (SSSR count). The Morgan fingerprint density at radius 1 is 1.40 bits per heavy atom. The fourth-order valence-corrected chi connectivity index (χ4v) is 2.01. The van der Waals surface area contributed by atoms with Gasteiger partial charge in [0, 0.05) is 23.8 Å². The summed E-state index contributed by atoms with van der Waals surface area (Å²) in [5.41, 5.74) is 1.04. The van der Waals surface area contributed by atoms with Crippen LogP contribution in [-0.2, 0) is 6.54 Å². The van der Waals surface area contributed by atoms with Gasteiger partial charge in [-0.25, -0.2) is 0 Å². The lowest BCUT2D eigenvalue weighted by Crippen LogP contribution is -2.30. The fourth-order valence-electron chi connectivity index (χ4n) is 1.83. The summed E-state index contributed by atoms with van der Waals surface area (Å²) in [7, 11) is 2.14. The Labute approximate surface area is 97.3 Å². The third-order valence-corrected chi connectivity index (χ3v) is 2.99. The van der Waals surface area contributed by atoms with Gasteiger partial charge in [0.25, 0.3) is 0 Å². The van der Waals surface area contributed by atoms with Gasteiger partial charge in [-0.2, -0.15) is 0 Å². The molecule has 0 fully saturated rings. The molecule has 0 aliphatic heterocycles. The normalized spacial score (nSPS) is 11.3. The molecule has 0 aliphatic carbocycles. The number of pyridine rings is 1. The highest BCUT2D eigenvalue weighted by molar-refractivity contribution is 6.30. The molecular weight excluding hydrogens is 208 g/mol. The molecular formula is C12H19ClN2. The van der Waals surface area contributed by atoms with Crippen molar-refractivity contribution in [1.29, 1.82) is 0 Å². The second-order valence-electron chi connectivity index (χ2n) is 3.85. The van der Waals surface area contributed by atoms with E-state index in [2.05, 4.69) is 30.8 Å². The lowest BCUT2D eigenvalue weighted by molar-refractivity contribution is 0.219. The molecule has 0 amide bonds. The van der Waals surface area contributed by atoms with Crippen LogP contribution < -0.4 is 0 Å². The van der Waals surface area contributed by atoms with E-state index in [1.165, 1.54) is 12.8 Å². The van der Waals surface area contributed by atoms with Gasteiger partial charge in [0.15, 0.2) is 0 Å². The predicted octanol–water partition coefficient (Wildman–Crippen LogP) is 3.36. The van der Waals surface area contributed by atoms with Crippen LogP contribution in [0, 0.1) is 0 Å². The van der Waals surface area contributed by atoms with Crippen molar-refractivity contribution in [2.24, 2.45) is 0 Å². The molecule has 0 spiro atoms. The summed E-state index contributed by atoms with van der Waals surface area (Å²) in [6, 6.07) is 4.37. The van der Waals surface area contributed by atoms with Gasteiger partial charge in [-0.3, -0.25) is 9.88 Å². The summed E-state index contributed by atoms with van der Waals surface area (Å²) >= 11 is 5.92. The molecule has 84 valence electrons. The first-order valence-electron chi connectivity index (χ1n) is 5.48. The van der Waals surface area contributed by atoms with E-state index in [1.54, 1.807) is 6.20 Å². The molecule has 0 saturated carbocycles. The Balaban J connectivity index is 2.61. The van der Waals surface area contributed by atoms with Crippen LogP contribution in [0.15, 0.2) is 18.3 Å². The van der Waals surface area contributed by atoms with E-state index in [9.17, 15) is 0 Å². The smallest absolute Gasteiger partial charge is 0.0558 e. The number of aromatic nitrogens is 1. The number of halogens is 1. The summed E-state index contributed by atoms with van der Waals surface area (Å²) in [6.45, 7) is 5.30. The van der Waals surface area contributed by atoms with Crippen molar-refractivity contribution in [3.05, 3.63) is 29.0 Å². The van der Waals surface area contributed by atoms with Crippen LogP contribution in [0.4, 0.5) is 0 Å². The Hall–Kier alpha value is -0.600. The van der Waals surface area contributed by atoms with Gasteiger partial charge < -0.3 is 0 Å². The van der Waals surface area contributed by atoms with Crippen molar-refractivity contribution in [2.45, 2.75) is 39.3 Å². The van der Waals surface area contributed by atoms with Crippen molar-refractivity contribution in [3.63, 3.8) is 0 Å². The van der Waals surface area contributed by atoms with Gasteiger partial charge in [-0.15, -0.1) is 0 Å². The average Bonchev–Trinajstić information content (AvgIpc) is 2.19. The standard InChI is InChI=1S/C12H19ClN2/c1-4-12(5-2)15(3)9-11-8-10(13)6-7-14-11/h6-8,12H,4-5,9H2,1-3H3. The summed E-state index contributed by atoms with van der Waals surface area (Å²) in [5, 5.41) is 0.762. The van der Waals surface area contributed by atoms with Gasteiger partial charge in [-0.1, -0.05) is 25.4 Å². The van der Waals surface area contributed by atoms with Gasteiger partial charge in [0.1, 0.15) is 0 Å². The van der Waals surface area contributed by atoms with Crippen molar-refractivity contribution in [3.8, 4) is 0 Å². The predicted molar refractivity (Wildman–Crippen MR) is 65.1 cm³/mol. The van der Waals surface area contributed by atoms with E-state index in [4.69, 9.17) is 11.6 Å². The summed E-state index contributed by atoms with van der Waals surface area (Å²) < 4.78 is 0. The summed E-state index contributed by atoms with van der Waals surface area (Å²) in [6.07, 6.45) is 4.11. The molecule has 3 heteroatoms. The maximum atomic E-state index is 5.92. The molecule has 0 radical (unpaired) electrons. The molecule has 0 aliphatic rings. The van der Waals surface area contributed by atoms with Crippen molar-refractivity contribution in [2.75, 3.05) is 7.05 Å². The highest BCUT2D eigenvalue weighted by Gasteiger charge is 2.11. The van der Waals surface area contributed by atoms with Gasteiger partial charge in [-0.05, 0) is 32.0 Å². The quantitative estimate of drug-likeness (QED) is 0.766. The Bertz CT molecular complexity index is 297. The van der Waals surface area contributed by atoms with Crippen LogP contribution >= 0.6 is 11.6 Å². The lowest BCUT2D eigenvalue weighted by atomic mass is 10.1. The van der Waals surface area contributed by atoms with Crippen LogP contribution in [0.1, 0.15) is 32.4 Å². The van der Waals surface area contributed by atoms with Crippen LogP contribution in [0.3, 0.4) is 0 Å². The maximum absolute atomic E-state index is 5.92. The van der Waals surface area contributed by atoms with E-state index in [1.807, 2.05) is 12.1 Å². The maximum Gasteiger partial charge on any atom is 0.0558 e. The van der Waals surface area contributed by atoms with E-state index in [-0.39, 0.29) is 0 Å². The molecule has 0 bridgehead atoms. The first kappa shape index (κ1) is 12.5. The monoisotopic (exact) mass is 226 g/mol. The summed E-state index contributed by atoms with van der Waals surface area (Å²) in [5.74, 6) is 0. The Kier molecular flexibility index (Phi) is 5.06. The van der Waals surface area contributed by atoms with E-state index >= 15 is 0 Å². The fraction of sp³-hybridized carbons (Fsp3) is 0.583. The number of hydrogen-bond donors (Lipinski definition) is 0. The van der Waals surface area contributed by atoms with Gasteiger partial charge >= 0.3 is 0 Å². The number of hydrogen-bond acceptors (Lipinski definition) is 2. The molecule has 2 nitrogen and oxygen atoms in total. The first-order valence-corrected chi connectivity index (χ1v) is 5.85. The molecule has 1 heterocycles. The zero-order valence-electron chi connectivity index (χ0n) is 9.70. The topological polar surface area (TPSA) is 16.1 Å². The van der Waals surface area contributed by atoms with Gasteiger partial charge in [0.05, 0.1) is 5.69 Å². The summed E-state index contributed by atoms with van der Waals surface area (Å²) in [4.78, 5) is 6.64. The van der Waals surface area contributed by atoms with E-state index in [0.29, 0.717) is 6.04 Å². The number of rotatable bonds is 5. The third kappa shape index (κ3) is 3.80. The zero-order valence-corrected chi connectivity index (χ0v) is 10.5. The third-order valence-electron chi connectivity index (χ3n) is 2.76. The van der Waals surface area contributed by atoms with E-state index in [0.717, 1.165) is 17.3 Å². The SMILES string of the molecule is CCC(CC)N(C)Cc1cc(Cl)ccn1. The minimum absolute atomic E-state index is 0.630. The molecule has 0 N–H and O–H groups in total. The van der Waals surface area contributed by atoms with Crippen LogP contribution in [0.25, 0.3) is 0 Å². The molecule has 0 atom stereocenters. The lowest BCUT2D eigenvalue weighted by Gasteiger charge is -2.25. The average molecular weight is 227 g/mol. The van der Waals surface area contributed by atoms with Crippen LogP contribution in [0.2, 0.25) is 5.02 Å². The minimum Gasteiger partial charge on any atom is -0.298 e. The molecule has 1 aromatic rings. The van der Waals surface area contributed by atoms with Crippen LogP contribution in [0.5, 0.6) is 0 Å². The van der Waals surface area contributed by atoms with Crippen molar-refractivity contribution < 1.29 is 0 Å².